The molecule has 2 N–H and O–H groups in total. The first-order chi connectivity index (χ1) is 10.7. The first-order valence-corrected chi connectivity index (χ1v) is 7.70. The summed E-state index contributed by atoms with van der Waals surface area (Å²) in [5.74, 6) is 0. The number of anilines is 1. The van der Waals surface area contributed by atoms with Gasteiger partial charge in [-0.1, -0.05) is 42.5 Å². The van der Waals surface area contributed by atoms with Crippen LogP contribution in [0.5, 0.6) is 0 Å². The van der Waals surface area contributed by atoms with Gasteiger partial charge in [-0.25, -0.2) is 0 Å². The second-order valence-corrected chi connectivity index (χ2v) is 5.72. The van der Waals surface area contributed by atoms with E-state index in [2.05, 4.69) is 34.1 Å². The van der Waals surface area contributed by atoms with Crippen LogP contribution in [0.1, 0.15) is 5.56 Å². The lowest BCUT2D eigenvalue weighted by Gasteiger charge is -2.36. The summed E-state index contributed by atoms with van der Waals surface area (Å²) in [6.45, 7) is 4.93. The van der Waals surface area contributed by atoms with E-state index in [1.54, 1.807) is 6.07 Å². The van der Waals surface area contributed by atoms with Crippen LogP contribution in [0.15, 0.2) is 54.6 Å². The fourth-order valence-electron chi connectivity index (χ4n) is 2.89. The molecule has 1 aliphatic heterocycles. The Bertz CT molecular complexity index is 599. The number of nitrogens with zero attached hydrogens (tertiary/aromatic N) is 2. The van der Waals surface area contributed by atoms with E-state index >= 15 is 0 Å². The first kappa shape index (κ1) is 15.1. The fraction of sp³-hybridized carbons (Fsp3) is 0.294. The van der Waals surface area contributed by atoms with Crippen molar-refractivity contribution in [3.8, 4) is 0 Å². The highest BCUT2D eigenvalue weighted by Gasteiger charge is 2.19. The minimum atomic E-state index is -1.40. The molecule has 5 heteroatoms. The van der Waals surface area contributed by atoms with E-state index in [-0.39, 0.29) is 0 Å². The normalized spacial score (nSPS) is 15.8. The third-order valence-corrected chi connectivity index (χ3v) is 4.15. The molecular formula is C17H21BN2O2. The van der Waals surface area contributed by atoms with Crippen LogP contribution in [-0.2, 0) is 6.54 Å². The van der Waals surface area contributed by atoms with Crippen molar-refractivity contribution in [1.29, 1.82) is 0 Å². The van der Waals surface area contributed by atoms with E-state index < -0.39 is 7.12 Å². The zero-order valence-corrected chi connectivity index (χ0v) is 12.6. The molecule has 0 unspecified atom stereocenters. The van der Waals surface area contributed by atoms with Gasteiger partial charge in [-0.3, -0.25) is 4.90 Å². The molecule has 2 aromatic rings. The Hall–Kier alpha value is -1.82. The van der Waals surface area contributed by atoms with Crippen LogP contribution in [0.4, 0.5) is 5.69 Å². The molecule has 0 aromatic heterocycles. The lowest BCUT2D eigenvalue weighted by atomic mass is 9.80. The van der Waals surface area contributed by atoms with Crippen LogP contribution >= 0.6 is 0 Å². The SMILES string of the molecule is OB(O)c1cccc(N2CCN(Cc3ccccc3)CC2)c1. The second kappa shape index (κ2) is 6.96. The van der Waals surface area contributed by atoms with E-state index in [0.717, 1.165) is 38.4 Å². The molecule has 0 bridgehead atoms. The molecular weight excluding hydrogens is 275 g/mol. The van der Waals surface area contributed by atoms with Crippen LogP contribution in [0, 0.1) is 0 Å². The average molecular weight is 296 g/mol. The predicted octanol–water partition coefficient (Wildman–Crippen LogP) is 0.689. The van der Waals surface area contributed by atoms with Crippen LogP contribution < -0.4 is 10.4 Å². The standard InChI is InChI=1S/C17H21BN2O2/c21-18(22)16-7-4-8-17(13-16)20-11-9-19(10-12-20)14-15-5-2-1-3-6-15/h1-8,13,21-22H,9-12,14H2. The summed E-state index contributed by atoms with van der Waals surface area (Å²) in [7, 11) is -1.40. The molecule has 114 valence electrons. The Balaban J connectivity index is 1.58. The maximum Gasteiger partial charge on any atom is 0.488 e. The van der Waals surface area contributed by atoms with Crippen molar-refractivity contribution in [2.75, 3.05) is 31.1 Å². The van der Waals surface area contributed by atoms with Crippen molar-refractivity contribution < 1.29 is 10.0 Å². The maximum absolute atomic E-state index is 9.28. The van der Waals surface area contributed by atoms with E-state index in [1.165, 1.54) is 5.56 Å². The highest BCUT2D eigenvalue weighted by Crippen LogP contribution is 2.16. The molecule has 1 fully saturated rings. The maximum atomic E-state index is 9.28. The molecule has 1 heterocycles. The number of hydrogen-bond donors (Lipinski definition) is 2. The topological polar surface area (TPSA) is 46.9 Å². The Morgan fingerprint density at radius 3 is 2.27 bits per heavy atom. The molecule has 0 aliphatic carbocycles. The number of hydrogen-bond acceptors (Lipinski definition) is 4. The minimum absolute atomic E-state index is 0.546. The van der Waals surface area contributed by atoms with Crippen molar-refractivity contribution in [3.05, 3.63) is 60.2 Å². The summed E-state index contributed by atoms with van der Waals surface area (Å²) in [6.07, 6.45) is 0. The van der Waals surface area contributed by atoms with Gasteiger partial charge in [0.2, 0.25) is 0 Å². The molecule has 0 spiro atoms. The zero-order chi connectivity index (χ0) is 15.4. The van der Waals surface area contributed by atoms with Crippen LogP contribution in [0.2, 0.25) is 0 Å². The highest BCUT2D eigenvalue weighted by atomic mass is 16.4. The summed E-state index contributed by atoms with van der Waals surface area (Å²) in [5, 5.41) is 18.6. The summed E-state index contributed by atoms with van der Waals surface area (Å²) in [4.78, 5) is 4.75. The molecule has 1 saturated heterocycles. The van der Waals surface area contributed by atoms with Crippen LogP contribution in [-0.4, -0.2) is 48.2 Å². The van der Waals surface area contributed by atoms with Crippen LogP contribution in [0.25, 0.3) is 0 Å². The first-order valence-electron chi connectivity index (χ1n) is 7.70. The van der Waals surface area contributed by atoms with Gasteiger partial charge in [0.1, 0.15) is 0 Å². The Labute approximate surface area is 131 Å². The van der Waals surface area contributed by atoms with Gasteiger partial charge < -0.3 is 14.9 Å². The summed E-state index contributed by atoms with van der Waals surface area (Å²) >= 11 is 0. The molecule has 0 amide bonds. The third kappa shape index (κ3) is 3.68. The molecule has 0 saturated carbocycles. The monoisotopic (exact) mass is 296 g/mol. The molecule has 2 aromatic carbocycles. The Kier molecular flexibility index (Phi) is 4.78. The molecule has 0 atom stereocenters. The van der Waals surface area contributed by atoms with E-state index in [9.17, 15) is 10.0 Å². The van der Waals surface area contributed by atoms with Crippen molar-refractivity contribution in [2.45, 2.75) is 6.54 Å². The minimum Gasteiger partial charge on any atom is -0.423 e. The van der Waals surface area contributed by atoms with E-state index in [0.29, 0.717) is 5.46 Å². The lowest BCUT2D eigenvalue weighted by Crippen LogP contribution is -2.46. The van der Waals surface area contributed by atoms with Crippen molar-refractivity contribution in [1.82, 2.24) is 4.90 Å². The number of rotatable bonds is 4. The largest absolute Gasteiger partial charge is 0.488 e. The van der Waals surface area contributed by atoms with Crippen molar-refractivity contribution in [3.63, 3.8) is 0 Å². The number of piperazine rings is 1. The average Bonchev–Trinajstić information content (AvgIpc) is 2.56. The van der Waals surface area contributed by atoms with Gasteiger partial charge in [-0.15, -0.1) is 0 Å². The summed E-state index contributed by atoms with van der Waals surface area (Å²) < 4.78 is 0. The van der Waals surface area contributed by atoms with Gasteiger partial charge in [0.15, 0.2) is 0 Å². The number of benzene rings is 2. The highest BCUT2D eigenvalue weighted by molar-refractivity contribution is 6.58. The molecule has 3 rings (SSSR count). The van der Waals surface area contributed by atoms with E-state index in [1.807, 2.05) is 24.3 Å². The molecule has 22 heavy (non-hydrogen) atoms. The van der Waals surface area contributed by atoms with Gasteiger partial charge in [-0.2, -0.15) is 0 Å². The zero-order valence-electron chi connectivity index (χ0n) is 12.6. The Morgan fingerprint density at radius 2 is 1.59 bits per heavy atom. The van der Waals surface area contributed by atoms with Gasteiger partial charge in [0.05, 0.1) is 0 Å². The third-order valence-electron chi connectivity index (χ3n) is 4.15. The van der Waals surface area contributed by atoms with Crippen molar-refractivity contribution >= 4 is 18.3 Å². The van der Waals surface area contributed by atoms with Gasteiger partial charge in [0.25, 0.3) is 0 Å². The fourth-order valence-corrected chi connectivity index (χ4v) is 2.89. The van der Waals surface area contributed by atoms with E-state index in [4.69, 9.17) is 0 Å². The van der Waals surface area contributed by atoms with Crippen LogP contribution in [0.3, 0.4) is 0 Å². The molecule has 1 aliphatic rings. The van der Waals surface area contributed by atoms with Gasteiger partial charge in [-0.05, 0) is 23.2 Å². The molecule has 4 nitrogen and oxygen atoms in total. The van der Waals surface area contributed by atoms with Gasteiger partial charge in [0, 0.05) is 38.4 Å². The summed E-state index contributed by atoms with van der Waals surface area (Å²) in [6, 6.07) is 18.0. The Morgan fingerprint density at radius 1 is 0.864 bits per heavy atom. The smallest absolute Gasteiger partial charge is 0.423 e. The quantitative estimate of drug-likeness (QED) is 0.815. The lowest BCUT2D eigenvalue weighted by molar-refractivity contribution is 0.250. The summed E-state index contributed by atoms with van der Waals surface area (Å²) in [5.41, 5.74) is 2.95. The predicted molar refractivity (Wildman–Crippen MR) is 90.2 cm³/mol. The van der Waals surface area contributed by atoms with Gasteiger partial charge >= 0.3 is 7.12 Å². The van der Waals surface area contributed by atoms with Crippen molar-refractivity contribution in [2.24, 2.45) is 0 Å². The second-order valence-electron chi connectivity index (χ2n) is 5.72. The molecule has 0 radical (unpaired) electrons.